The zero-order chi connectivity index (χ0) is 12.5. The number of carbonyl (C=O) groups is 1. The second-order valence-corrected chi connectivity index (χ2v) is 6.95. The SMILES string of the molecule is CN(CC(=O)N1CCNCC1)S(=O)(=O)C1CC1. The molecule has 1 N–H and O–H groups in total. The fraction of sp³-hybridized carbons (Fsp3) is 0.900. The number of nitrogens with one attached hydrogen (secondary N) is 1. The number of carbonyl (C=O) groups excluding carboxylic acids is 1. The maximum absolute atomic E-state index is 11.9. The molecule has 2 fully saturated rings. The first kappa shape index (κ1) is 12.8. The van der Waals surface area contributed by atoms with Crippen LogP contribution < -0.4 is 5.32 Å². The van der Waals surface area contributed by atoms with Crippen LogP contribution in [0.4, 0.5) is 0 Å². The first-order valence-corrected chi connectivity index (χ1v) is 7.46. The van der Waals surface area contributed by atoms with Crippen molar-refractivity contribution in [3.8, 4) is 0 Å². The highest BCUT2D eigenvalue weighted by atomic mass is 32.2. The van der Waals surface area contributed by atoms with Gasteiger partial charge in [-0.15, -0.1) is 0 Å². The maximum atomic E-state index is 11.9. The molecule has 0 spiro atoms. The van der Waals surface area contributed by atoms with Gasteiger partial charge in [-0.2, -0.15) is 4.31 Å². The molecule has 1 amide bonds. The second kappa shape index (κ2) is 4.91. The average molecular weight is 261 g/mol. The van der Waals surface area contributed by atoms with E-state index in [4.69, 9.17) is 0 Å². The van der Waals surface area contributed by atoms with Crippen LogP contribution in [0.3, 0.4) is 0 Å². The number of likely N-dealkylation sites (N-methyl/N-ethyl adjacent to an activating group) is 1. The third-order valence-corrected chi connectivity index (χ3v) is 5.52. The zero-order valence-electron chi connectivity index (χ0n) is 10.1. The topological polar surface area (TPSA) is 69.7 Å². The van der Waals surface area contributed by atoms with E-state index in [1.165, 1.54) is 11.4 Å². The van der Waals surface area contributed by atoms with Gasteiger partial charge in [-0.05, 0) is 12.8 Å². The minimum Gasteiger partial charge on any atom is -0.339 e. The van der Waals surface area contributed by atoms with Crippen molar-refractivity contribution in [1.29, 1.82) is 0 Å². The molecule has 1 aliphatic carbocycles. The Hall–Kier alpha value is -0.660. The molecule has 2 aliphatic rings. The summed E-state index contributed by atoms with van der Waals surface area (Å²) in [6, 6.07) is 0. The second-order valence-electron chi connectivity index (χ2n) is 4.63. The fourth-order valence-electron chi connectivity index (χ4n) is 1.92. The zero-order valence-corrected chi connectivity index (χ0v) is 10.9. The third kappa shape index (κ3) is 2.97. The lowest BCUT2D eigenvalue weighted by atomic mass is 10.3. The van der Waals surface area contributed by atoms with E-state index >= 15 is 0 Å². The number of amides is 1. The van der Waals surface area contributed by atoms with E-state index < -0.39 is 10.0 Å². The van der Waals surface area contributed by atoms with Crippen LogP contribution in [0.2, 0.25) is 0 Å². The molecule has 1 heterocycles. The van der Waals surface area contributed by atoms with Crippen molar-refractivity contribution >= 4 is 15.9 Å². The Labute approximate surface area is 102 Å². The summed E-state index contributed by atoms with van der Waals surface area (Å²) in [5.41, 5.74) is 0. The van der Waals surface area contributed by atoms with Gasteiger partial charge >= 0.3 is 0 Å². The summed E-state index contributed by atoms with van der Waals surface area (Å²) in [5.74, 6) is -0.0989. The number of hydrogen-bond donors (Lipinski definition) is 1. The van der Waals surface area contributed by atoms with Crippen molar-refractivity contribution in [2.45, 2.75) is 18.1 Å². The molecule has 1 aliphatic heterocycles. The van der Waals surface area contributed by atoms with Crippen LogP contribution in [0.25, 0.3) is 0 Å². The Kier molecular flexibility index (Phi) is 3.70. The van der Waals surface area contributed by atoms with Crippen LogP contribution in [0, 0.1) is 0 Å². The van der Waals surface area contributed by atoms with Gasteiger partial charge in [0.05, 0.1) is 11.8 Å². The number of sulfonamides is 1. The summed E-state index contributed by atoms with van der Waals surface area (Å²) in [7, 11) is -1.74. The summed E-state index contributed by atoms with van der Waals surface area (Å²) in [6.45, 7) is 2.86. The van der Waals surface area contributed by atoms with Crippen LogP contribution >= 0.6 is 0 Å². The van der Waals surface area contributed by atoms with Crippen LogP contribution in [-0.2, 0) is 14.8 Å². The Bertz CT molecular complexity index is 386. The smallest absolute Gasteiger partial charge is 0.237 e. The minimum absolute atomic E-state index is 0.0289. The molecule has 2 rings (SSSR count). The molecule has 0 bridgehead atoms. The summed E-state index contributed by atoms with van der Waals surface area (Å²) in [5, 5.41) is 2.91. The number of hydrogen-bond acceptors (Lipinski definition) is 4. The standard InChI is InChI=1S/C10H19N3O3S/c1-12(17(15,16)9-2-3-9)8-10(14)13-6-4-11-5-7-13/h9,11H,2-8H2,1H3. The highest BCUT2D eigenvalue weighted by Gasteiger charge is 2.39. The Morgan fingerprint density at radius 1 is 1.35 bits per heavy atom. The molecule has 6 nitrogen and oxygen atoms in total. The van der Waals surface area contributed by atoms with Crippen molar-refractivity contribution in [1.82, 2.24) is 14.5 Å². The molecule has 0 aromatic carbocycles. The van der Waals surface area contributed by atoms with E-state index in [0.717, 1.165) is 25.9 Å². The predicted octanol–water partition coefficient (Wildman–Crippen LogP) is -1.16. The van der Waals surface area contributed by atoms with Crippen molar-refractivity contribution < 1.29 is 13.2 Å². The number of piperazine rings is 1. The lowest BCUT2D eigenvalue weighted by Crippen LogP contribution is -2.50. The van der Waals surface area contributed by atoms with Gasteiger partial charge in [-0.25, -0.2) is 8.42 Å². The predicted molar refractivity (Wildman–Crippen MR) is 64.0 cm³/mol. The summed E-state index contributed by atoms with van der Waals surface area (Å²) < 4.78 is 24.9. The first-order valence-electron chi connectivity index (χ1n) is 5.95. The number of nitrogens with zero attached hydrogens (tertiary/aromatic N) is 2. The quantitative estimate of drug-likeness (QED) is 0.693. The van der Waals surface area contributed by atoms with Gasteiger partial charge in [0, 0.05) is 33.2 Å². The van der Waals surface area contributed by atoms with E-state index in [1.54, 1.807) is 4.90 Å². The molecular formula is C10H19N3O3S. The third-order valence-electron chi connectivity index (χ3n) is 3.21. The molecule has 0 aromatic rings. The van der Waals surface area contributed by atoms with Gasteiger partial charge in [0.25, 0.3) is 0 Å². The number of rotatable bonds is 4. The minimum atomic E-state index is -3.23. The summed E-state index contributed by atoms with van der Waals surface area (Å²) >= 11 is 0. The van der Waals surface area contributed by atoms with Crippen LogP contribution in [0.5, 0.6) is 0 Å². The first-order chi connectivity index (χ1) is 8.01. The van der Waals surface area contributed by atoms with E-state index in [9.17, 15) is 13.2 Å². The van der Waals surface area contributed by atoms with Gasteiger partial charge in [-0.1, -0.05) is 0 Å². The highest BCUT2D eigenvalue weighted by molar-refractivity contribution is 7.90. The van der Waals surface area contributed by atoms with Crippen molar-refractivity contribution in [3.63, 3.8) is 0 Å². The van der Waals surface area contributed by atoms with E-state index in [1.807, 2.05) is 0 Å². The maximum Gasteiger partial charge on any atom is 0.237 e. The molecule has 0 atom stereocenters. The molecule has 0 unspecified atom stereocenters. The molecule has 98 valence electrons. The molecule has 1 saturated heterocycles. The van der Waals surface area contributed by atoms with Crippen LogP contribution in [0.15, 0.2) is 0 Å². The van der Waals surface area contributed by atoms with E-state index in [2.05, 4.69) is 5.32 Å². The lowest BCUT2D eigenvalue weighted by molar-refractivity contribution is -0.131. The van der Waals surface area contributed by atoms with Crippen molar-refractivity contribution in [3.05, 3.63) is 0 Å². The van der Waals surface area contributed by atoms with Gasteiger partial charge in [-0.3, -0.25) is 4.79 Å². The van der Waals surface area contributed by atoms with Gasteiger partial charge < -0.3 is 10.2 Å². The molecular weight excluding hydrogens is 242 g/mol. The largest absolute Gasteiger partial charge is 0.339 e. The lowest BCUT2D eigenvalue weighted by Gasteiger charge is -2.29. The average Bonchev–Trinajstić information content (AvgIpc) is 3.14. The van der Waals surface area contributed by atoms with Crippen LogP contribution in [0.1, 0.15) is 12.8 Å². The Balaban J connectivity index is 1.89. The fourth-order valence-corrected chi connectivity index (χ4v) is 3.45. The van der Waals surface area contributed by atoms with E-state index in [0.29, 0.717) is 13.1 Å². The van der Waals surface area contributed by atoms with E-state index in [-0.39, 0.29) is 17.7 Å². The highest BCUT2D eigenvalue weighted by Crippen LogP contribution is 2.30. The summed E-state index contributed by atoms with van der Waals surface area (Å²) in [4.78, 5) is 13.6. The molecule has 17 heavy (non-hydrogen) atoms. The molecule has 0 radical (unpaired) electrons. The molecule has 7 heteroatoms. The van der Waals surface area contributed by atoms with Gasteiger partial charge in [0.1, 0.15) is 0 Å². The monoisotopic (exact) mass is 261 g/mol. The molecule has 0 aromatic heterocycles. The van der Waals surface area contributed by atoms with Crippen molar-refractivity contribution in [2.24, 2.45) is 0 Å². The Morgan fingerprint density at radius 2 is 1.94 bits per heavy atom. The Morgan fingerprint density at radius 3 is 2.47 bits per heavy atom. The van der Waals surface area contributed by atoms with Crippen LogP contribution in [-0.4, -0.2) is 68.6 Å². The van der Waals surface area contributed by atoms with Gasteiger partial charge in [0.2, 0.25) is 15.9 Å². The summed E-state index contributed by atoms with van der Waals surface area (Å²) in [6.07, 6.45) is 1.46. The molecule has 1 saturated carbocycles. The van der Waals surface area contributed by atoms with Gasteiger partial charge in [0.15, 0.2) is 0 Å². The normalized spacial score (nSPS) is 21.9. The van der Waals surface area contributed by atoms with Crippen molar-refractivity contribution in [2.75, 3.05) is 39.8 Å².